The normalized spacial score (nSPS) is 11.9. The van der Waals surface area contributed by atoms with Gasteiger partial charge in [-0.3, -0.25) is 13.9 Å². The Morgan fingerprint density at radius 1 is 1.00 bits per heavy atom. The van der Waals surface area contributed by atoms with Crippen molar-refractivity contribution in [3.63, 3.8) is 0 Å². The van der Waals surface area contributed by atoms with E-state index in [4.69, 9.17) is 4.74 Å². The number of ether oxygens (including phenoxy) is 1. The molecular weight excluding hydrogens is 558 g/mol. The Kier molecular flexibility index (Phi) is 9.34. The first kappa shape index (κ1) is 28.2. The number of carbonyl (C=O) groups excluding carboxylic acids is 2. The van der Waals surface area contributed by atoms with Crippen molar-refractivity contribution in [2.75, 3.05) is 25.0 Å². The van der Waals surface area contributed by atoms with Crippen LogP contribution in [-0.2, 0) is 26.2 Å². The van der Waals surface area contributed by atoms with E-state index in [1.54, 1.807) is 43.3 Å². The molecule has 1 atom stereocenters. The molecule has 3 aromatic rings. The number of nitrogens with zero attached hydrogens (tertiary/aromatic N) is 2. The Bertz CT molecular complexity index is 1350. The zero-order valence-corrected chi connectivity index (χ0v) is 23.5. The smallest absolute Gasteiger partial charge is 0.264 e. The summed E-state index contributed by atoms with van der Waals surface area (Å²) in [6.07, 6.45) is 0. The summed E-state index contributed by atoms with van der Waals surface area (Å²) < 4.78 is 35.0. The summed E-state index contributed by atoms with van der Waals surface area (Å²) in [7, 11) is -1.24. The van der Waals surface area contributed by atoms with Gasteiger partial charge in [-0.05, 0) is 55.8 Å². The Morgan fingerprint density at radius 2 is 1.62 bits per heavy atom. The first-order valence-corrected chi connectivity index (χ1v) is 13.8. The second-order valence-electron chi connectivity index (χ2n) is 8.43. The van der Waals surface area contributed by atoms with Gasteiger partial charge in [0.15, 0.2) is 0 Å². The monoisotopic (exact) mass is 587 g/mol. The van der Waals surface area contributed by atoms with Crippen molar-refractivity contribution >= 4 is 43.5 Å². The summed E-state index contributed by atoms with van der Waals surface area (Å²) in [6.45, 7) is 3.05. The van der Waals surface area contributed by atoms with E-state index < -0.39 is 28.5 Å². The van der Waals surface area contributed by atoms with Gasteiger partial charge in [-0.2, -0.15) is 0 Å². The Labute approximate surface area is 226 Å². The van der Waals surface area contributed by atoms with Crippen LogP contribution in [0, 0.1) is 6.92 Å². The topological polar surface area (TPSA) is 96.0 Å². The van der Waals surface area contributed by atoms with E-state index in [0.29, 0.717) is 5.75 Å². The molecule has 3 aromatic carbocycles. The highest BCUT2D eigenvalue weighted by atomic mass is 79.9. The molecular formula is C27H30BrN3O5S. The van der Waals surface area contributed by atoms with Crippen LogP contribution in [0.3, 0.4) is 0 Å². The van der Waals surface area contributed by atoms with Crippen LogP contribution < -0.4 is 14.4 Å². The molecule has 0 heterocycles. The Balaban J connectivity index is 2.06. The summed E-state index contributed by atoms with van der Waals surface area (Å²) in [5.74, 6) is -0.610. The van der Waals surface area contributed by atoms with E-state index in [1.165, 1.54) is 31.2 Å². The first-order valence-electron chi connectivity index (χ1n) is 11.6. The maximum atomic E-state index is 13.8. The number of halogens is 1. The van der Waals surface area contributed by atoms with Crippen molar-refractivity contribution in [1.29, 1.82) is 0 Å². The molecule has 10 heteroatoms. The van der Waals surface area contributed by atoms with Gasteiger partial charge in [0.2, 0.25) is 11.8 Å². The van der Waals surface area contributed by atoms with Gasteiger partial charge in [0, 0.05) is 18.1 Å². The molecule has 0 spiro atoms. The van der Waals surface area contributed by atoms with E-state index in [9.17, 15) is 18.0 Å². The number of amides is 2. The van der Waals surface area contributed by atoms with E-state index in [1.807, 2.05) is 31.2 Å². The number of nitrogens with one attached hydrogen (secondary N) is 1. The van der Waals surface area contributed by atoms with Gasteiger partial charge in [-0.25, -0.2) is 8.42 Å². The molecule has 0 aliphatic carbocycles. The van der Waals surface area contributed by atoms with Gasteiger partial charge >= 0.3 is 0 Å². The van der Waals surface area contributed by atoms with Crippen LogP contribution in [0.2, 0.25) is 0 Å². The first-order chi connectivity index (χ1) is 17.6. The predicted octanol–water partition coefficient (Wildman–Crippen LogP) is 4.12. The fraction of sp³-hybridized carbons (Fsp3) is 0.259. The number of aryl methyl sites for hydroxylation is 1. The second kappa shape index (κ2) is 12.2. The lowest BCUT2D eigenvalue weighted by atomic mass is 10.1. The zero-order valence-electron chi connectivity index (χ0n) is 21.1. The predicted molar refractivity (Wildman–Crippen MR) is 147 cm³/mol. The van der Waals surface area contributed by atoms with E-state index >= 15 is 0 Å². The number of rotatable bonds is 10. The van der Waals surface area contributed by atoms with Gasteiger partial charge in [0.1, 0.15) is 18.3 Å². The average molecular weight is 589 g/mol. The molecule has 196 valence electrons. The number of carbonyl (C=O) groups is 2. The largest absolute Gasteiger partial charge is 0.495 e. The molecule has 37 heavy (non-hydrogen) atoms. The van der Waals surface area contributed by atoms with Crippen LogP contribution in [-0.4, -0.2) is 51.9 Å². The molecule has 0 radical (unpaired) electrons. The number of benzene rings is 3. The third kappa shape index (κ3) is 6.69. The molecule has 3 rings (SSSR count). The number of methoxy groups -OCH3 is 1. The number of hydrogen-bond acceptors (Lipinski definition) is 5. The molecule has 0 saturated carbocycles. The molecule has 1 N–H and O–H groups in total. The van der Waals surface area contributed by atoms with Crippen LogP contribution in [0.1, 0.15) is 18.1 Å². The summed E-state index contributed by atoms with van der Waals surface area (Å²) in [5.41, 5.74) is 1.91. The average Bonchev–Trinajstić information content (AvgIpc) is 2.90. The SMILES string of the molecule is CNC(=O)C(C)N(Cc1ccc(Br)cc1)C(=O)CN(c1ccccc1OC)S(=O)(=O)c1ccc(C)cc1. The number of likely N-dealkylation sites (N-methyl/N-ethyl adjacent to an activating group) is 1. The molecule has 2 amide bonds. The zero-order chi connectivity index (χ0) is 27.2. The maximum absolute atomic E-state index is 13.8. The van der Waals surface area contributed by atoms with Crippen molar-refractivity contribution < 1.29 is 22.7 Å². The van der Waals surface area contributed by atoms with Gasteiger partial charge < -0.3 is 15.0 Å². The van der Waals surface area contributed by atoms with Crippen molar-refractivity contribution in [2.45, 2.75) is 31.3 Å². The lowest BCUT2D eigenvalue weighted by molar-refractivity contribution is -0.139. The molecule has 0 bridgehead atoms. The Morgan fingerprint density at radius 3 is 2.22 bits per heavy atom. The van der Waals surface area contributed by atoms with Crippen LogP contribution >= 0.6 is 15.9 Å². The van der Waals surface area contributed by atoms with E-state index in [0.717, 1.165) is 19.9 Å². The summed E-state index contributed by atoms with van der Waals surface area (Å²) in [6, 6.07) is 19.5. The lowest BCUT2D eigenvalue weighted by Gasteiger charge is -2.32. The minimum atomic E-state index is -4.16. The highest BCUT2D eigenvalue weighted by Gasteiger charge is 2.33. The molecule has 0 aromatic heterocycles. The molecule has 0 aliphatic heterocycles. The third-order valence-electron chi connectivity index (χ3n) is 5.92. The Hall–Kier alpha value is -3.37. The highest BCUT2D eigenvalue weighted by molar-refractivity contribution is 9.10. The fourth-order valence-electron chi connectivity index (χ4n) is 3.76. The van der Waals surface area contributed by atoms with Crippen molar-refractivity contribution in [1.82, 2.24) is 10.2 Å². The fourth-order valence-corrected chi connectivity index (χ4v) is 5.45. The number of hydrogen-bond donors (Lipinski definition) is 1. The van der Waals surface area contributed by atoms with Gasteiger partial charge in [0.25, 0.3) is 10.0 Å². The van der Waals surface area contributed by atoms with Gasteiger partial charge in [-0.15, -0.1) is 0 Å². The number of anilines is 1. The molecule has 1 unspecified atom stereocenters. The minimum absolute atomic E-state index is 0.0376. The number of para-hydroxylation sites is 2. The summed E-state index contributed by atoms with van der Waals surface area (Å²) in [5, 5.41) is 2.57. The quantitative estimate of drug-likeness (QED) is 0.385. The third-order valence-corrected chi connectivity index (χ3v) is 8.22. The number of sulfonamides is 1. The van der Waals surface area contributed by atoms with E-state index in [-0.39, 0.29) is 23.0 Å². The molecule has 0 aliphatic rings. The van der Waals surface area contributed by atoms with Crippen molar-refractivity contribution in [3.8, 4) is 5.75 Å². The van der Waals surface area contributed by atoms with Crippen molar-refractivity contribution in [3.05, 3.63) is 88.4 Å². The summed E-state index contributed by atoms with van der Waals surface area (Å²) >= 11 is 3.39. The molecule has 0 fully saturated rings. The minimum Gasteiger partial charge on any atom is -0.495 e. The lowest BCUT2D eigenvalue weighted by Crippen LogP contribution is -2.50. The van der Waals surface area contributed by atoms with Crippen molar-refractivity contribution in [2.24, 2.45) is 0 Å². The standard InChI is InChI=1S/C27H30BrN3O5S/c1-19-9-15-23(16-10-19)37(34,35)31(24-7-5-6-8-25(24)36-4)18-26(32)30(20(2)27(33)29-3)17-21-11-13-22(28)14-12-21/h5-16,20H,17-18H2,1-4H3,(H,29,33). The van der Waals surface area contributed by atoms with E-state index in [2.05, 4.69) is 21.2 Å². The van der Waals surface area contributed by atoms with Gasteiger partial charge in [-0.1, -0.05) is 57.9 Å². The van der Waals surface area contributed by atoms with Crippen LogP contribution in [0.5, 0.6) is 5.75 Å². The van der Waals surface area contributed by atoms with Crippen LogP contribution in [0.15, 0.2) is 82.2 Å². The van der Waals surface area contributed by atoms with Crippen LogP contribution in [0.25, 0.3) is 0 Å². The van der Waals surface area contributed by atoms with Gasteiger partial charge in [0.05, 0.1) is 17.7 Å². The maximum Gasteiger partial charge on any atom is 0.264 e. The molecule has 8 nitrogen and oxygen atoms in total. The molecule has 0 saturated heterocycles. The highest BCUT2D eigenvalue weighted by Crippen LogP contribution is 2.32. The second-order valence-corrected chi connectivity index (χ2v) is 11.2. The van der Waals surface area contributed by atoms with Crippen LogP contribution in [0.4, 0.5) is 5.69 Å². The summed E-state index contributed by atoms with van der Waals surface area (Å²) in [4.78, 5) is 27.7.